The van der Waals surface area contributed by atoms with E-state index in [0.717, 1.165) is 17.8 Å². The Morgan fingerprint density at radius 3 is 2.43 bits per heavy atom. The molecule has 0 radical (unpaired) electrons. The van der Waals surface area contributed by atoms with Gasteiger partial charge in [-0.2, -0.15) is 11.8 Å². The summed E-state index contributed by atoms with van der Waals surface area (Å²) in [4.78, 5) is 0. The minimum Gasteiger partial charge on any atom is -0.160 e. The van der Waals surface area contributed by atoms with Gasteiger partial charge in [0.05, 0.1) is 0 Å². The van der Waals surface area contributed by atoms with Crippen molar-refractivity contribution in [1.29, 1.82) is 0 Å². The zero-order valence-electron chi connectivity index (χ0n) is 9.05. The van der Waals surface area contributed by atoms with Crippen LogP contribution in [0.5, 0.6) is 0 Å². The van der Waals surface area contributed by atoms with Crippen LogP contribution in [0.1, 0.15) is 39.0 Å². The van der Waals surface area contributed by atoms with Crippen LogP contribution in [0.3, 0.4) is 0 Å². The van der Waals surface area contributed by atoms with E-state index in [2.05, 4.69) is 6.92 Å². The fourth-order valence-electron chi connectivity index (χ4n) is 2.78. The van der Waals surface area contributed by atoms with Gasteiger partial charge in [-0.05, 0) is 29.9 Å². The summed E-state index contributed by atoms with van der Waals surface area (Å²) >= 11 is 8.35. The Hall–Kier alpha value is 0.640. The summed E-state index contributed by atoms with van der Waals surface area (Å²) in [6.07, 6.45) is 7.25. The van der Waals surface area contributed by atoms with Gasteiger partial charge in [-0.1, -0.05) is 32.6 Å². The molecule has 2 heteroatoms. The van der Waals surface area contributed by atoms with Crippen molar-refractivity contribution < 1.29 is 0 Å². The molecular weight excluding hydrogens is 212 g/mol. The largest absolute Gasteiger partial charge is 0.160 e. The van der Waals surface area contributed by atoms with Gasteiger partial charge < -0.3 is 0 Å². The fourth-order valence-corrected chi connectivity index (χ4v) is 4.65. The lowest BCUT2D eigenvalue weighted by atomic mass is 9.78. The monoisotopic (exact) mass is 232 g/mol. The average molecular weight is 233 g/mol. The van der Waals surface area contributed by atoms with Crippen LogP contribution >= 0.6 is 23.4 Å². The van der Waals surface area contributed by atoms with Crippen LogP contribution < -0.4 is 0 Å². The Morgan fingerprint density at radius 2 is 1.86 bits per heavy atom. The second-order valence-electron chi connectivity index (χ2n) is 5.18. The Kier molecular flexibility index (Phi) is 4.07. The van der Waals surface area contributed by atoms with Crippen LogP contribution in [-0.4, -0.2) is 16.9 Å². The van der Waals surface area contributed by atoms with Gasteiger partial charge in [-0.15, -0.1) is 11.6 Å². The highest BCUT2D eigenvalue weighted by Crippen LogP contribution is 2.38. The highest BCUT2D eigenvalue weighted by molar-refractivity contribution is 7.99. The van der Waals surface area contributed by atoms with Crippen LogP contribution in [0.15, 0.2) is 0 Å². The number of halogens is 1. The van der Waals surface area contributed by atoms with Crippen molar-refractivity contribution in [2.75, 3.05) is 11.5 Å². The van der Waals surface area contributed by atoms with Gasteiger partial charge in [0.25, 0.3) is 0 Å². The van der Waals surface area contributed by atoms with E-state index < -0.39 is 0 Å². The lowest BCUT2D eigenvalue weighted by Gasteiger charge is -2.28. The molecule has 0 N–H and O–H groups in total. The molecule has 1 aliphatic carbocycles. The van der Waals surface area contributed by atoms with Crippen molar-refractivity contribution in [3.8, 4) is 0 Å². The Labute approximate surface area is 97.2 Å². The predicted molar refractivity (Wildman–Crippen MR) is 66.2 cm³/mol. The van der Waals surface area contributed by atoms with Crippen LogP contribution in [-0.2, 0) is 0 Å². The van der Waals surface area contributed by atoms with Gasteiger partial charge in [0, 0.05) is 11.1 Å². The quantitative estimate of drug-likeness (QED) is 0.644. The van der Waals surface area contributed by atoms with Crippen molar-refractivity contribution in [3.05, 3.63) is 0 Å². The van der Waals surface area contributed by atoms with E-state index in [1.165, 1.54) is 43.6 Å². The highest BCUT2D eigenvalue weighted by Gasteiger charge is 2.29. The molecular formula is C12H21ClS. The molecule has 2 aliphatic rings. The fraction of sp³-hybridized carbons (Fsp3) is 1.00. The van der Waals surface area contributed by atoms with E-state index in [1.807, 2.05) is 11.8 Å². The summed E-state index contributed by atoms with van der Waals surface area (Å²) < 4.78 is 0. The molecule has 0 aromatic carbocycles. The predicted octanol–water partition coefficient (Wildman–Crippen LogP) is 4.17. The summed E-state index contributed by atoms with van der Waals surface area (Å²) in [7, 11) is 0. The zero-order chi connectivity index (χ0) is 9.97. The van der Waals surface area contributed by atoms with Gasteiger partial charge in [0.1, 0.15) is 0 Å². The summed E-state index contributed by atoms with van der Waals surface area (Å²) in [5.74, 6) is 5.31. The molecule has 0 aromatic heterocycles. The molecule has 82 valence electrons. The lowest BCUT2D eigenvalue weighted by Crippen LogP contribution is -2.20. The van der Waals surface area contributed by atoms with Crippen molar-refractivity contribution in [2.24, 2.45) is 17.8 Å². The summed E-state index contributed by atoms with van der Waals surface area (Å²) in [5.41, 5.74) is 0. The van der Waals surface area contributed by atoms with Gasteiger partial charge in [-0.25, -0.2) is 0 Å². The van der Waals surface area contributed by atoms with E-state index in [4.69, 9.17) is 11.6 Å². The third-order valence-corrected chi connectivity index (χ3v) is 5.84. The molecule has 1 saturated heterocycles. The maximum absolute atomic E-state index is 6.31. The highest BCUT2D eigenvalue weighted by atomic mass is 35.5. The second-order valence-corrected chi connectivity index (χ2v) is 6.81. The average Bonchev–Trinajstić information content (AvgIpc) is 2.56. The minimum absolute atomic E-state index is 0.472. The van der Waals surface area contributed by atoms with Crippen LogP contribution in [0.2, 0.25) is 0 Å². The zero-order valence-corrected chi connectivity index (χ0v) is 10.6. The van der Waals surface area contributed by atoms with Crippen molar-refractivity contribution in [1.82, 2.24) is 0 Å². The molecule has 2 atom stereocenters. The van der Waals surface area contributed by atoms with Crippen molar-refractivity contribution in [2.45, 2.75) is 44.4 Å². The molecule has 1 aliphatic heterocycles. The smallest absolute Gasteiger partial charge is 0.0462 e. The van der Waals surface area contributed by atoms with Crippen LogP contribution in [0.4, 0.5) is 0 Å². The first kappa shape index (κ1) is 11.1. The number of hydrogen-bond donors (Lipinski definition) is 0. The molecule has 0 amide bonds. The number of thioether (sulfide) groups is 1. The van der Waals surface area contributed by atoms with Gasteiger partial charge in [0.2, 0.25) is 0 Å². The molecule has 1 saturated carbocycles. The van der Waals surface area contributed by atoms with E-state index in [1.54, 1.807) is 0 Å². The second kappa shape index (κ2) is 5.12. The third kappa shape index (κ3) is 2.82. The van der Waals surface area contributed by atoms with E-state index >= 15 is 0 Å². The molecule has 0 nitrogen and oxygen atoms in total. The molecule has 14 heavy (non-hydrogen) atoms. The molecule has 2 unspecified atom stereocenters. The van der Waals surface area contributed by atoms with Gasteiger partial charge >= 0.3 is 0 Å². The summed E-state index contributed by atoms with van der Waals surface area (Å²) in [6.45, 7) is 2.39. The third-order valence-electron chi connectivity index (χ3n) is 3.89. The first-order chi connectivity index (χ1) is 6.75. The molecule has 0 spiro atoms. The topological polar surface area (TPSA) is 0 Å². The molecule has 2 fully saturated rings. The lowest BCUT2D eigenvalue weighted by molar-refractivity contribution is 0.253. The standard InChI is InChI=1S/C12H21ClS/c1-9-2-4-10(5-3-9)6-11-7-14-8-12(11)13/h9-12H,2-8H2,1H3. The van der Waals surface area contributed by atoms with Crippen LogP contribution in [0.25, 0.3) is 0 Å². The summed E-state index contributed by atoms with van der Waals surface area (Å²) in [5, 5.41) is 0.472. The van der Waals surface area contributed by atoms with E-state index in [-0.39, 0.29) is 0 Å². The Balaban J connectivity index is 1.74. The molecule has 1 heterocycles. The maximum atomic E-state index is 6.31. The van der Waals surface area contributed by atoms with E-state index in [9.17, 15) is 0 Å². The van der Waals surface area contributed by atoms with Crippen LogP contribution in [0, 0.1) is 17.8 Å². The van der Waals surface area contributed by atoms with E-state index in [0.29, 0.717) is 5.38 Å². The first-order valence-electron chi connectivity index (χ1n) is 5.97. The maximum Gasteiger partial charge on any atom is 0.0462 e. The Morgan fingerprint density at radius 1 is 1.14 bits per heavy atom. The normalized spacial score (nSPS) is 44.1. The minimum atomic E-state index is 0.472. The number of alkyl halides is 1. The summed E-state index contributed by atoms with van der Waals surface area (Å²) in [6, 6.07) is 0. The first-order valence-corrected chi connectivity index (χ1v) is 7.56. The molecule has 0 aromatic rings. The van der Waals surface area contributed by atoms with Crippen molar-refractivity contribution >= 4 is 23.4 Å². The Bertz CT molecular complexity index is 175. The SMILES string of the molecule is CC1CCC(CC2CSCC2Cl)CC1. The number of rotatable bonds is 2. The van der Waals surface area contributed by atoms with Crippen molar-refractivity contribution in [3.63, 3.8) is 0 Å². The molecule has 0 bridgehead atoms. The molecule has 2 rings (SSSR count). The van der Waals surface area contributed by atoms with Gasteiger partial charge in [0.15, 0.2) is 0 Å². The number of hydrogen-bond acceptors (Lipinski definition) is 1. The van der Waals surface area contributed by atoms with Gasteiger partial charge in [-0.3, -0.25) is 0 Å².